The third-order valence-electron chi connectivity index (χ3n) is 5.54. The minimum absolute atomic E-state index is 0.0172. The quantitative estimate of drug-likeness (QED) is 0.251. The van der Waals surface area contributed by atoms with Crippen LogP contribution >= 0.6 is 0 Å². The summed E-state index contributed by atoms with van der Waals surface area (Å²) in [5.41, 5.74) is 3.83. The van der Waals surface area contributed by atoms with Crippen LogP contribution in [0.4, 0.5) is 5.69 Å². The molecule has 0 spiro atoms. The van der Waals surface area contributed by atoms with Gasteiger partial charge >= 0.3 is 0 Å². The number of phenolic OH excluding ortho intramolecular Hbond substituents is 1. The summed E-state index contributed by atoms with van der Waals surface area (Å²) in [6.45, 7) is 0.0172. The first-order chi connectivity index (χ1) is 17.9. The molecule has 8 nitrogen and oxygen atoms in total. The van der Waals surface area contributed by atoms with E-state index in [0.29, 0.717) is 5.56 Å². The largest absolute Gasteiger partial charge is 0.504 e. The van der Waals surface area contributed by atoms with E-state index in [9.17, 15) is 18.3 Å². The number of anilines is 1. The van der Waals surface area contributed by atoms with Crippen molar-refractivity contribution >= 4 is 27.8 Å². The highest BCUT2D eigenvalue weighted by Gasteiger charge is 2.28. The molecule has 4 aromatic carbocycles. The van der Waals surface area contributed by atoms with E-state index in [-0.39, 0.29) is 34.2 Å². The lowest BCUT2D eigenvalue weighted by atomic mass is 10.1. The number of sulfonamides is 1. The maximum absolute atomic E-state index is 13.7. The number of methoxy groups -OCH3 is 1. The topological polar surface area (TPSA) is 108 Å². The molecule has 0 atom stereocenters. The smallest absolute Gasteiger partial charge is 0.273 e. The number of phenols is 1. The third-order valence-corrected chi connectivity index (χ3v) is 7.31. The average molecular weight is 516 g/mol. The molecule has 1 amide bonds. The van der Waals surface area contributed by atoms with Crippen molar-refractivity contribution in [2.75, 3.05) is 11.4 Å². The Hall–Kier alpha value is -4.63. The van der Waals surface area contributed by atoms with Gasteiger partial charge in [0.25, 0.3) is 15.9 Å². The first kappa shape index (κ1) is 25.5. The molecule has 0 bridgehead atoms. The lowest BCUT2D eigenvalue weighted by Gasteiger charge is -2.26. The summed E-state index contributed by atoms with van der Waals surface area (Å²) in [5.74, 6) is -0.467. The van der Waals surface area contributed by atoms with Gasteiger partial charge in [-0.2, -0.15) is 5.10 Å². The van der Waals surface area contributed by atoms with Gasteiger partial charge in [-0.05, 0) is 42.0 Å². The normalized spacial score (nSPS) is 11.3. The number of amides is 1. The van der Waals surface area contributed by atoms with Crippen molar-refractivity contribution in [2.24, 2.45) is 5.10 Å². The Kier molecular flexibility index (Phi) is 7.85. The highest BCUT2D eigenvalue weighted by Crippen LogP contribution is 2.30. The maximum atomic E-state index is 13.7. The number of rotatable bonds is 9. The van der Waals surface area contributed by atoms with Crippen molar-refractivity contribution in [3.05, 3.63) is 120 Å². The number of benzene rings is 4. The van der Waals surface area contributed by atoms with Gasteiger partial charge in [0, 0.05) is 5.56 Å². The number of hydrazone groups is 1. The Labute approximate surface area is 215 Å². The van der Waals surface area contributed by atoms with Gasteiger partial charge in [0.05, 0.1) is 36.0 Å². The monoisotopic (exact) mass is 515 g/mol. The minimum Gasteiger partial charge on any atom is -0.504 e. The molecule has 9 heteroatoms. The highest BCUT2D eigenvalue weighted by atomic mass is 32.2. The molecule has 0 saturated heterocycles. The molecule has 2 N–H and O–H groups in total. The summed E-state index contributed by atoms with van der Waals surface area (Å²) >= 11 is 0. The van der Waals surface area contributed by atoms with Crippen LogP contribution in [-0.4, -0.2) is 32.8 Å². The number of hydrogen-bond acceptors (Lipinski definition) is 6. The lowest BCUT2D eigenvalue weighted by molar-refractivity contribution is 0.0955. The SMILES string of the molecule is COc1cccc(/C=N\NC(=O)c2ccccc2N(Cc2ccccc2)S(=O)(=O)c2ccccc2)c1O. The van der Waals surface area contributed by atoms with Crippen molar-refractivity contribution in [1.82, 2.24) is 5.43 Å². The van der Waals surface area contributed by atoms with Gasteiger partial charge in [-0.3, -0.25) is 9.10 Å². The molecule has 4 aromatic rings. The molecule has 0 unspecified atom stereocenters. The van der Waals surface area contributed by atoms with Crippen LogP contribution in [0, 0.1) is 0 Å². The Morgan fingerprint density at radius 2 is 1.57 bits per heavy atom. The fourth-order valence-corrected chi connectivity index (χ4v) is 5.17. The van der Waals surface area contributed by atoms with Gasteiger partial charge in [-0.25, -0.2) is 13.8 Å². The zero-order chi connectivity index (χ0) is 26.3. The fourth-order valence-electron chi connectivity index (χ4n) is 3.68. The first-order valence-corrected chi connectivity index (χ1v) is 12.8. The number of carbonyl (C=O) groups excluding carboxylic acids is 1. The molecule has 0 fully saturated rings. The van der Waals surface area contributed by atoms with Crippen LogP contribution in [0.3, 0.4) is 0 Å². The number of hydrogen-bond donors (Lipinski definition) is 2. The van der Waals surface area contributed by atoms with Crippen LogP contribution in [-0.2, 0) is 16.6 Å². The summed E-state index contributed by atoms with van der Waals surface area (Å²) in [7, 11) is -2.59. The average Bonchev–Trinajstić information content (AvgIpc) is 2.93. The van der Waals surface area contributed by atoms with Crippen molar-refractivity contribution in [1.29, 1.82) is 0 Å². The van der Waals surface area contributed by atoms with Crippen LogP contribution in [0.5, 0.6) is 11.5 Å². The molecule has 0 heterocycles. The van der Waals surface area contributed by atoms with E-state index < -0.39 is 15.9 Å². The van der Waals surface area contributed by atoms with Gasteiger partial charge in [-0.1, -0.05) is 66.7 Å². The molecule has 37 heavy (non-hydrogen) atoms. The van der Waals surface area contributed by atoms with Gasteiger partial charge in [0.1, 0.15) is 0 Å². The molecule has 188 valence electrons. The predicted octanol–water partition coefficient (Wildman–Crippen LogP) is 4.56. The van der Waals surface area contributed by atoms with E-state index in [4.69, 9.17) is 4.74 Å². The highest BCUT2D eigenvalue weighted by molar-refractivity contribution is 7.92. The van der Waals surface area contributed by atoms with Crippen LogP contribution < -0.4 is 14.5 Å². The molecule has 0 saturated carbocycles. The summed E-state index contributed by atoms with van der Waals surface area (Å²) in [6, 6.07) is 28.5. The van der Waals surface area contributed by atoms with Crippen molar-refractivity contribution in [3.63, 3.8) is 0 Å². The van der Waals surface area contributed by atoms with Gasteiger partial charge in [-0.15, -0.1) is 0 Å². The molecule has 4 rings (SSSR count). The summed E-state index contributed by atoms with van der Waals surface area (Å²) < 4.78 is 33.8. The molecular weight excluding hydrogens is 490 g/mol. The molecule has 0 aliphatic rings. The maximum Gasteiger partial charge on any atom is 0.273 e. The van der Waals surface area contributed by atoms with E-state index in [2.05, 4.69) is 10.5 Å². The Balaban J connectivity index is 1.69. The molecular formula is C28H25N3O5S. The van der Waals surface area contributed by atoms with E-state index in [0.717, 1.165) is 5.56 Å². The zero-order valence-corrected chi connectivity index (χ0v) is 20.8. The van der Waals surface area contributed by atoms with Crippen LogP contribution in [0.15, 0.2) is 113 Å². The Morgan fingerprint density at radius 1 is 0.919 bits per heavy atom. The standard InChI is InChI=1S/C28H25N3O5S/c1-36-26-18-10-13-22(27(26)32)19-29-30-28(33)24-16-8-9-17-25(24)31(20-21-11-4-2-5-12-21)37(34,35)23-14-6-3-7-15-23/h2-19,32H,20H2,1H3,(H,30,33)/b29-19-. The number of nitrogens with zero attached hydrogens (tertiary/aromatic N) is 2. The zero-order valence-electron chi connectivity index (χ0n) is 20.0. The van der Waals surface area contributed by atoms with Crippen LogP contribution in [0.25, 0.3) is 0 Å². The molecule has 0 aromatic heterocycles. The second-order valence-corrected chi connectivity index (χ2v) is 9.79. The fraction of sp³-hybridized carbons (Fsp3) is 0.0714. The summed E-state index contributed by atoms with van der Waals surface area (Å²) in [5, 5.41) is 14.2. The minimum atomic E-state index is -4.02. The Bertz CT molecular complexity index is 1510. The molecule has 0 aliphatic heterocycles. The van der Waals surface area contributed by atoms with Crippen molar-refractivity contribution < 1.29 is 23.1 Å². The summed E-state index contributed by atoms with van der Waals surface area (Å²) in [4.78, 5) is 13.3. The first-order valence-electron chi connectivity index (χ1n) is 11.3. The number of ether oxygens (including phenoxy) is 1. The number of aromatic hydroxyl groups is 1. The lowest BCUT2D eigenvalue weighted by Crippen LogP contribution is -2.33. The van der Waals surface area contributed by atoms with Crippen molar-refractivity contribution in [3.8, 4) is 11.5 Å². The van der Waals surface area contributed by atoms with E-state index in [1.54, 1.807) is 54.6 Å². The molecule has 0 aliphatic carbocycles. The molecule has 0 radical (unpaired) electrons. The number of carbonyl (C=O) groups is 1. The Morgan fingerprint density at radius 3 is 2.27 bits per heavy atom. The summed E-state index contributed by atoms with van der Waals surface area (Å²) in [6.07, 6.45) is 1.28. The number of nitrogens with one attached hydrogen (secondary N) is 1. The van der Waals surface area contributed by atoms with Crippen LogP contribution in [0.2, 0.25) is 0 Å². The van der Waals surface area contributed by atoms with Gasteiger partial charge in [0.2, 0.25) is 0 Å². The third kappa shape index (κ3) is 5.79. The number of para-hydroxylation sites is 2. The van der Waals surface area contributed by atoms with Crippen LogP contribution in [0.1, 0.15) is 21.5 Å². The second-order valence-electron chi connectivity index (χ2n) is 7.92. The second kappa shape index (κ2) is 11.4. The van der Waals surface area contributed by atoms with E-state index in [1.807, 2.05) is 30.3 Å². The van der Waals surface area contributed by atoms with Gasteiger partial charge < -0.3 is 9.84 Å². The van der Waals surface area contributed by atoms with Gasteiger partial charge in [0.15, 0.2) is 11.5 Å². The van der Waals surface area contributed by atoms with Crippen molar-refractivity contribution in [2.45, 2.75) is 11.4 Å². The van der Waals surface area contributed by atoms with E-state index >= 15 is 0 Å². The predicted molar refractivity (Wildman–Crippen MR) is 142 cm³/mol. The van der Waals surface area contributed by atoms with E-state index in [1.165, 1.54) is 35.8 Å².